The van der Waals surface area contributed by atoms with Gasteiger partial charge in [0.15, 0.2) is 0 Å². The summed E-state index contributed by atoms with van der Waals surface area (Å²) in [6, 6.07) is 0. The molecule has 1 atom stereocenters. The zero-order chi connectivity index (χ0) is 4.99. The monoisotopic (exact) mass is 164 g/mol. The first-order valence-corrected chi connectivity index (χ1v) is 2.93. The van der Waals surface area contributed by atoms with Crippen molar-refractivity contribution < 1.29 is 38.6 Å². The van der Waals surface area contributed by atoms with Gasteiger partial charge in [0.2, 0.25) is 0 Å². The third kappa shape index (κ3) is 5.02. The molecule has 0 aromatic heterocycles. The molecule has 0 aromatic rings. The van der Waals surface area contributed by atoms with Crippen LogP contribution in [0.3, 0.4) is 0 Å². The molecular weight excluding hydrogens is 157 g/mol. The average molecular weight is 164 g/mol. The van der Waals surface area contributed by atoms with Crippen molar-refractivity contribution in [2.24, 2.45) is 0 Å². The zero-order valence-electron chi connectivity index (χ0n) is 3.72. The number of aliphatic hydroxyl groups excluding tert-OH is 1. The molecule has 34 valence electrons. The van der Waals surface area contributed by atoms with Crippen LogP contribution < -0.4 is 0 Å². The summed E-state index contributed by atoms with van der Waals surface area (Å²) >= 11 is 0.780. The third-order valence-electron chi connectivity index (χ3n) is 0.337. The van der Waals surface area contributed by atoms with E-state index in [0.29, 0.717) is 6.61 Å². The van der Waals surface area contributed by atoms with Crippen LogP contribution in [0.1, 0.15) is 6.92 Å². The summed E-state index contributed by atoms with van der Waals surface area (Å²) < 4.78 is 4.68. The fraction of sp³-hybridized carbons (Fsp3) is 1.00. The van der Waals surface area contributed by atoms with Crippen LogP contribution in [0, 0.1) is 0 Å². The van der Waals surface area contributed by atoms with Crippen molar-refractivity contribution in [3.05, 3.63) is 0 Å². The molecule has 0 rings (SSSR count). The quantitative estimate of drug-likeness (QED) is 0.614. The van der Waals surface area contributed by atoms with Gasteiger partial charge in [0.05, 0.1) is 0 Å². The van der Waals surface area contributed by atoms with Crippen molar-refractivity contribution in [2.45, 2.75) is 13.0 Å². The minimum atomic E-state index is -0.292. The Kier molecular flexibility index (Phi) is 4.90. The molecular formula is C3H7O2Y. The normalized spacial score (nSPS) is 14.2. The van der Waals surface area contributed by atoms with E-state index in [1.165, 1.54) is 0 Å². The summed E-state index contributed by atoms with van der Waals surface area (Å²) in [7, 11) is 0. The number of hydrogen-bond donors (Lipinski definition) is 1. The third-order valence-corrected chi connectivity index (χ3v) is 0.810. The molecule has 3 heteroatoms. The molecule has 0 aliphatic rings. The topological polar surface area (TPSA) is 29.5 Å². The molecule has 0 aliphatic heterocycles. The van der Waals surface area contributed by atoms with Crippen LogP contribution in [-0.4, -0.2) is 17.8 Å². The number of aliphatic hydroxyl groups is 1. The molecule has 0 aliphatic carbocycles. The standard InChI is InChI=1S/C3H7O2.Y/c1-3(5)2-4;/h3,5H,2H2,1H3;/q-1;+1. The predicted octanol–water partition coefficient (Wildman–Crippen LogP) is -0.154. The molecule has 0 heterocycles. The number of rotatable bonds is 2. The van der Waals surface area contributed by atoms with Crippen molar-refractivity contribution in [1.82, 2.24) is 0 Å². The molecule has 0 spiro atoms. The van der Waals surface area contributed by atoms with Gasteiger partial charge in [-0.05, 0) is 0 Å². The molecule has 0 saturated heterocycles. The summed E-state index contributed by atoms with van der Waals surface area (Å²) in [5.41, 5.74) is 0. The Morgan fingerprint density at radius 2 is 2.50 bits per heavy atom. The maximum absolute atomic E-state index is 8.45. The van der Waals surface area contributed by atoms with E-state index < -0.39 is 0 Å². The summed E-state index contributed by atoms with van der Waals surface area (Å²) in [5, 5.41) is 8.45. The Labute approximate surface area is 58.1 Å². The van der Waals surface area contributed by atoms with Crippen LogP contribution in [0.2, 0.25) is 0 Å². The average Bonchev–Trinajstić information content (AvgIpc) is 1.35. The van der Waals surface area contributed by atoms with E-state index in [1.807, 2.05) is 0 Å². The summed E-state index contributed by atoms with van der Waals surface area (Å²) in [6.45, 7) is 2.19. The molecule has 0 fully saturated rings. The van der Waals surface area contributed by atoms with Gasteiger partial charge in [-0.3, -0.25) is 0 Å². The summed E-state index contributed by atoms with van der Waals surface area (Å²) in [6.07, 6.45) is -0.292. The van der Waals surface area contributed by atoms with E-state index >= 15 is 0 Å². The van der Waals surface area contributed by atoms with Crippen molar-refractivity contribution in [2.75, 3.05) is 6.61 Å². The van der Waals surface area contributed by atoms with Crippen LogP contribution in [0.5, 0.6) is 0 Å². The van der Waals surface area contributed by atoms with E-state index in [9.17, 15) is 0 Å². The van der Waals surface area contributed by atoms with E-state index in [-0.39, 0.29) is 6.10 Å². The van der Waals surface area contributed by atoms with E-state index in [1.54, 1.807) is 6.92 Å². The second kappa shape index (κ2) is 4.19. The van der Waals surface area contributed by atoms with E-state index in [2.05, 4.69) is 2.05 Å². The van der Waals surface area contributed by atoms with Crippen molar-refractivity contribution >= 4 is 0 Å². The van der Waals surface area contributed by atoms with E-state index in [4.69, 9.17) is 5.11 Å². The van der Waals surface area contributed by atoms with Gasteiger partial charge < -0.3 is 0 Å². The fourth-order valence-corrected chi connectivity index (χ4v) is 0.824. The molecule has 6 heavy (non-hydrogen) atoms. The zero-order valence-corrected chi connectivity index (χ0v) is 6.56. The summed E-state index contributed by atoms with van der Waals surface area (Å²) in [5.74, 6) is 0. The van der Waals surface area contributed by atoms with Crippen LogP contribution in [0.25, 0.3) is 0 Å². The van der Waals surface area contributed by atoms with Gasteiger partial charge in [0, 0.05) is 0 Å². The fourth-order valence-electron chi connectivity index (χ4n) is 0.139. The van der Waals surface area contributed by atoms with Gasteiger partial charge in [-0.15, -0.1) is 0 Å². The van der Waals surface area contributed by atoms with Gasteiger partial charge in [0.1, 0.15) is 0 Å². The van der Waals surface area contributed by atoms with Crippen LogP contribution in [0.15, 0.2) is 0 Å². The van der Waals surface area contributed by atoms with Crippen LogP contribution >= 0.6 is 0 Å². The predicted molar refractivity (Wildman–Crippen MR) is 17.6 cm³/mol. The van der Waals surface area contributed by atoms with Gasteiger partial charge in [-0.1, -0.05) is 0 Å². The molecule has 0 bridgehead atoms. The van der Waals surface area contributed by atoms with E-state index in [0.717, 1.165) is 31.5 Å². The van der Waals surface area contributed by atoms with Gasteiger partial charge >= 0.3 is 58.3 Å². The van der Waals surface area contributed by atoms with Gasteiger partial charge in [-0.2, -0.15) is 0 Å². The Balaban J connectivity index is 2.63. The second-order valence-corrected chi connectivity index (χ2v) is 2.00. The molecule has 0 radical (unpaired) electrons. The minimum absolute atomic E-state index is 0.292. The molecule has 1 N–H and O–H groups in total. The van der Waals surface area contributed by atoms with Gasteiger partial charge in [-0.25, -0.2) is 0 Å². The molecule has 0 amide bonds. The maximum atomic E-state index is 8.45. The Morgan fingerprint density at radius 3 is 2.50 bits per heavy atom. The molecule has 1 unspecified atom stereocenters. The van der Waals surface area contributed by atoms with Gasteiger partial charge in [0.25, 0.3) is 0 Å². The second-order valence-electron chi connectivity index (χ2n) is 1.18. The first-order valence-electron chi connectivity index (χ1n) is 1.77. The Hall–Kier alpha value is 1.02. The molecule has 0 aromatic carbocycles. The van der Waals surface area contributed by atoms with Crippen molar-refractivity contribution in [3.8, 4) is 0 Å². The van der Waals surface area contributed by atoms with Crippen LogP contribution in [-0.2, 0) is 33.5 Å². The molecule has 0 saturated carbocycles. The van der Waals surface area contributed by atoms with Crippen molar-refractivity contribution in [1.29, 1.82) is 0 Å². The SMILES string of the molecule is CC(O)C[O][Y]. The first kappa shape index (κ1) is 7.02. The van der Waals surface area contributed by atoms with Crippen LogP contribution in [0.4, 0.5) is 0 Å². The van der Waals surface area contributed by atoms with Crippen molar-refractivity contribution in [3.63, 3.8) is 0 Å². The summed E-state index contributed by atoms with van der Waals surface area (Å²) in [4.78, 5) is 0. The molecule has 2 nitrogen and oxygen atoms in total. The Morgan fingerprint density at radius 1 is 2.00 bits per heavy atom. The Bertz CT molecular complexity index is 30.0. The number of hydrogen-bond acceptors (Lipinski definition) is 2. The first-order chi connectivity index (χ1) is 2.77.